The van der Waals surface area contributed by atoms with Crippen molar-refractivity contribution >= 4 is 19.6 Å². The molecule has 0 aliphatic heterocycles. The number of rotatable bonds is 2. The molecule has 4 nitrogen and oxygen atoms in total. The Bertz CT molecular complexity index is 210. The Hall–Kier alpha value is -0.995. The maximum atomic E-state index is 10.9. The van der Waals surface area contributed by atoms with Gasteiger partial charge in [0.15, 0.2) is 7.85 Å². The summed E-state index contributed by atoms with van der Waals surface area (Å²) in [5, 5.41) is 2.37. The fourth-order valence-electron chi connectivity index (χ4n) is 0.891. The highest BCUT2D eigenvalue weighted by molar-refractivity contribution is 6.59. The monoisotopic (exact) mass is 183 g/mol. The van der Waals surface area contributed by atoms with Gasteiger partial charge in [-0.3, -0.25) is 0 Å². The van der Waals surface area contributed by atoms with Crippen molar-refractivity contribution in [2.75, 3.05) is 7.11 Å². The molecule has 1 N–H and O–H groups in total. The fraction of sp³-hybridized carbons (Fsp3) is 0.750. The van der Waals surface area contributed by atoms with Crippen LogP contribution in [0.2, 0.25) is 0 Å². The van der Waals surface area contributed by atoms with E-state index in [1.165, 1.54) is 7.11 Å². The van der Waals surface area contributed by atoms with Gasteiger partial charge in [-0.25, -0.2) is 4.79 Å². The Morgan fingerprint density at radius 1 is 1.38 bits per heavy atom. The van der Waals surface area contributed by atoms with Gasteiger partial charge in [-0.05, 0) is 5.41 Å². The Balaban J connectivity index is 4.46. The van der Waals surface area contributed by atoms with Crippen LogP contribution in [0.1, 0.15) is 20.8 Å². The Morgan fingerprint density at radius 3 is 2.08 bits per heavy atom. The second-order valence-corrected chi connectivity index (χ2v) is 3.84. The van der Waals surface area contributed by atoms with Crippen LogP contribution in [0.25, 0.3) is 0 Å². The second kappa shape index (κ2) is 4.30. The molecule has 1 atom stereocenters. The number of hydrogen-bond acceptors (Lipinski definition) is 3. The number of alkyl carbamates (subject to hydrolysis) is 1. The van der Waals surface area contributed by atoms with Gasteiger partial charge in [0.05, 0.1) is 18.8 Å². The lowest BCUT2D eigenvalue weighted by atomic mass is 9.78. The molecule has 5 heteroatoms. The third kappa shape index (κ3) is 3.96. The van der Waals surface area contributed by atoms with Gasteiger partial charge in [0.25, 0.3) is 0 Å². The molecule has 0 heterocycles. The van der Waals surface area contributed by atoms with Crippen molar-refractivity contribution < 1.29 is 14.3 Å². The molecule has 13 heavy (non-hydrogen) atoms. The summed E-state index contributed by atoms with van der Waals surface area (Å²) in [7, 11) is 6.35. The molecule has 0 aliphatic rings. The van der Waals surface area contributed by atoms with E-state index >= 15 is 0 Å². The molecule has 0 aromatic rings. The molecule has 0 saturated heterocycles. The summed E-state index contributed by atoms with van der Waals surface area (Å²) in [6, 6.07) is -0.722. The molecule has 0 spiro atoms. The number of methoxy groups -OCH3 is 1. The summed E-state index contributed by atoms with van der Waals surface area (Å²) >= 11 is 0. The second-order valence-electron chi connectivity index (χ2n) is 3.84. The fourth-order valence-corrected chi connectivity index (χ4v) is 0.891. The molecule has 0 aromatic carbocycles. The van der Waals surface area contributed by atoms with Gasteiger partial charge in [0.2, 0.25) is 0 Å². The standard InChI is InChI=1S/C8H14BNO3/c1-8(2,3)5(6(9)11)10-7(12)13-4/h5H,1-4H3,(H,10,12)/t5-/m1/s1. The smallest absolute Gasteiger partial charge is 0.407 e. The third-order valence-corrected chi connectivity index (χ3v) is 1.60. The zero-order valence-corrected chi connectivity index (χ0v) is 8.38. The number of carbonyl (C=O) groups is 2. The van der Waals surface area contributed by atoms with E-state index in [4.69, 9.17) is 7.85 Å². The average Bonchev–Trinajstić information content (AvgIpc) is 1.96. The third-order valence-electron chi connectivity index (χ3n) is 1.60. The normalized spacial score (nSPS) is 13.2. The zero-order valence-electron chi connectivity index (χ0n) is 8.38. The van der Waals surface area contributed by atoms with Crippen LogP contribution in [0.15, 0.2) is 0 Å². The van der Waals surface area contributed by atoms with Crippen LogP contribution in [0.3, 0.4) is 0 Å². The highest BCUT2D eigenvalue weighted by Gasteiger charge is 2.29. The number of hydrogen-bond donors (Lipinski definition) is 1. The minimum Gasteiger partial charge on any atom is -0.453 e. The summed E-state index contributed by atoms with van der Waals surface area (Å²) in [5.41, 5.74) is -0.988. The first kappa shape index (κ1) is 12.0. The van der Waals surface area contributed by atoms with E-state index in [1.54, 1.807) is 20.8 Å². The summed E-state index contributed by atoms with van der Waals surface area (Å²) in [5.74, 6) is 0. The highest BCUT2D eigenvalue weighted by atomic mass is 16.5. The Morgan fingerprint density at radius 2 is 1.85 bits per heavy atom. The van der Waals surface area contributed by atoms with Crippen molar-refractivity contribution in [2.45, 2.75) is 26.8 Å². The molecule has 2 radical (unpaired) electrons. The topological polar surface area (TPSA) is 55.4 Å². The molecule has 0 aliphatic carbocycles. The number of nitrogens with one attached hydrogen (secondary N) is 1. The van der Waals surface area contributed by atoms with E-state index in [0.29, 0.717) is 0 Å². The van der Waals surface area contributed by atoms with Gasteiger partial charge >= 0.3 is 6.09 Å². The molecule has 0 unspecified atom stereocenters. The first-order valence-corrected chi connectivity index (χ1v) is 3.93. The van der Waals surface area contributed by atoms with Gasteiger partial charge in [-0.15, -0.1) is 0 Å². The number of ether oxygens (including phenoxy) is 1. The molecule has 1 amide bonds. The van der Waals surface area contributed by atoms with Gasteiger partial charge in [0, 0.05) is 0 Å². The first-order valence-electron chi connectivity index (χ1n) is 3.93. The van der Waals surface area contributed by atoms with Crippen molar-refractivity contribution in [3.8, 4) is 0 Å². The van der Waals surface area contributed by atoms with E-state index in [-0.39, 0.29) is 0 Å². The van der Waals surface area contributed by atoms with Gasteiger partial charge < -0.3 is 14.8 Å². The minimum atomic E-state index is -0.722. The van der Waals surface area contributed by atoms with Crippen LogP contribution in [0, 0.1) is 5.41 Å². The Labute approximate surface area is 79.4 Å². The van der Waals surface area contributed by atoms with Crippen molar-refractivity contribution in [3.63, 3.8) is 0 Å². The molecule has 0 aromatic heterocycles. The van der Waals surface area contributed by atoms with Crippen molar-refractivity contribution in [1.82, 2.24) is 5.32 Å². The number of amides is 1. The van der Waals surface area contributed by atoms with E-state index in [9.17, 15) is 9.59 Å². The molecular weight excluding hydrogens is 169 g/mol. The van der Waals surface area contributed by atoms with Crippen molar-refractivity contribution in [1.29, 1.82) is 0 Å². The lowest BCUT2D eigenvalue weighted by Crippen LogP contribution is -2.49. The van der Waals surface area contributed by atoms with Crippen LogP contribution in [0.4, 0.5) is 4.79 Å². The molecule has 0 saturated carbocycles. The predicted molar refractivity (Wildman–Crippen MR) is 49.5 cm³/mol. The van der Waals surface area contributed by atoms with Crippen LogP contribution >= 0.6 is 0 Å². The largest absolute Gasteiger partial charge is 0.453 e. The Kier molecular flexibility index (Phi) is 3.97. The SMILES string of the molecule is [B]C(=O)[C@@H](NC(=O)OC)C(C)(C)C. The average molecular weight is 183 g/mol. The molecule has 0 bridgehead atoms. The summed E-state index contributed by atoms with van der Waals surface area (Å²) in [6.07, 6.45) is -0.654. The highest BCUT2D eigenvalue weighted by Crippen LogP contribution is 2.19. The predicted octanol–water partition coefficient (Wildman–Crippen LogP) is 0.452. The van der Waals surface area contributed by atoms with Gasteiger partial charge in [0.1, 0.15) is 0 Å². The van der Waals surface area contributed by atoms with E-state index in [2.05, 4.69) is 10.1 Å². The van der Waals surface area contributed by atoms with E-state index in [0.717, 1.165) is 0 Å². The minimum absolute atomic E-state index is 0.417. The molecule has 0 fully saturated rings. The quantitative estimate of drug-likeness (QED) is 0.632. The summed E-state index contributed by atoms with van der Waals surface area (Å²) in [4.78, 5) is 21.8. The first-order chi connectivity index (χ1) is 5.79. The van der Waals surface area contributed by atoms with Crippen LogP contribution < -0.4 is 5.32 Å². The maximum absolute atomic E-state index is 10.9. The zero-order chi connectivity index (χ0) is 10.6. The van der Waals surface area contributed by atoms with E-state index in [1.807, 2.05) is 0 Å². The van der Waals surface area contributed by atoms with E-state index < -0.39 is 23.2 Å². The van der Waals surface area contributed by atoms with Crippen LogP contribution in [-0.4, -0.2) is 32.8 Å². The van der Waals surface area contributed by atoms with Crippen LogP contribution in [0.5, 0.6) is 0 Å². The number of carbonyl (C=O) groups excluding carboxylic acids is 2. The maximum Gasteiger partial charge on any atom is 0.407 e. The van der Waals surface area contributed by atoms with Crippen molar-refractivity contribution in [2.24, 2.45) is 5.41 Å². The lowest BCUT2D eigenvalue weighted by molar-refractivity contribution is -0.115. The summed E-state index contributed by atoms with van der Waals surface area (Å²) < 4.78 is 4.37. The lowest BCUT2D eigenvalue weighted by Gasteiger charge is -2.28. The summed E-state index contributed by atoms with van der Waals surface area (Å²) in [6.45, 7) is 5.41. The molecule has 0 rings (SSSR count). The van der Waals surface area contributed by atoms with Gasteiger partial charge in [-0.2, -0.15) is 0 Å². The van der Waals surface area contributed by atoms with Crippen molar-refractivity contribution in [3.05, 3.63) is 0 Å². The molecular formula is C8H14BNO3. The molecule has 72 valence electrons. The van der Waals surface area contributed by atoms with Gasteiger partial charge in [-0.1, -0.05) is 20.8 Å². The van der Waals surface area contributed by atoms with Crippen LogP contribution in [-0.2, 0) is 9.53 Å².